The Morgan fingerprint density at radius 1 is 1.04 bits per heavy atom. The Morgan fingerprint density at radius 2 is 1.69 bits per heavy atom. The van der Waals surface area contributed by atoms with E-state index in [0.717, 1.165) is 16.9 Å². The minimum atomic E-state index is -0.194. The van der Waals surface area contributed by atoms with Crippen molar-refractivity contribution in [2.45, 2.75) is 26.9 Å². The summed E-state index contributed by atoms with van der Waals surface area (Å²) in [5.74, 6) is 1.91. The molecule has 0 aliphatic heterocycles. The predicted molar refractivity (Wildman–Crippen MR) is 102 cm³/mol. The van der Waals surface area contributed by atoms with Gasteiger partial charge in [-0.05, 0) is 48.7 Å². The molecular formula is C20H26FN3O2. The molecule has 0 radical (unpaired) electrons. The van der Waals surface area contributed by atoms with E-state index < -0.39 is 0 Å². The number of aliphatic imine (C=N–C) groups is 1. The molecule has 0 heterocycles. The second-order valence-electron chi connectivity index (χ2n) is 5.78. The van der Waals surface area contributed by atoms with Crippen LogP contribution in [-0.4, -0.2) is 26.7 Å². The summed E-state index contributed by atoms with van der Waals surface area (Å²) in [6, 6.07) is 10.9. The van der Waals surface area contributed by atoms with Crippen molar-refractivity contribution in [3.05, 3.63) is 58.9 Å². The number of nitrogens with zero attached hydrogens (tertiary/aromatic N) is 1. The highest BCUT2D eigenvalue weighted by Crippen LogP contribution is 2.27. The SMILES string of the molecule is CCOc1cc(CNC(=NC)NCc2ccc(F)c(C)c2)ccc1OC. The molecule has 0 atom stereocenters. The van der Waals surface area contributed by atoms with Crippen molar-refractivity contribution in [2.75, 3.05) is 20.8 Å². The molecule has 2 rings (SSSR count). The second-order valence-corrected chi connectivity index (χ2v) is 5.78. The smallest absolute Gasteiger partial charge is 0.191 e. The molecule has 140 valence electrons. The molecule has 26 heavy (non-hydrogen) atoms. The lowest BCUT2D eigenvalue weighted by Crippen LogP contribution is -2.36. The molecule has 6 heteroatoms. The number of methoxy groups -OCH3 is 1. The normalized spacial score (nSPS) is 11.2. The first-order valence-corrected chi connectivity index (χ1v) is 8.56. The quantitative estimate of drug-likeness (QED) is 0.588. The van der Waals surface area contributed by atoms with Crippen molar-refractivity contribution in [1.29, 1.82) is 0 Å². The standard InChI is InChI=1S/C20H26FN3O2/c1-5-26-19-11-16(7-9-18(19)25-4)13-24-20(22-3)23-12-15-6-8-17(21)14(2)10-15/h6-11H,5,12-13H2,1-4H3,(H2,22,23,24). The van der Waals surface area contributed by atoms with E-state index in [1.54, 1.807) is 27.1 Å². The number of aryl methyl sites for hydroxylation is 1. The van der Waals surface area contributed by atoms with Crippen molar-refractivity contribution in [3.63, 3.8) is 0 Å². The lowest BCUT2D eigenvalue weighted by atomic mass is 10.1. The first-order valence-electron chi connectivity index (χ1n) is 8.56. The van der Waals surface area contributed by atoms with Crippen molar-refractivity contribution in [2.24, 2.45) is 4.99 Å². The lowest BCUT2D eigenvalue weighted by molar-refractivity contribution is 0.310. The lowest BCUT2D eigenvalue weighted by Gasteiger charge is -2.14. The molecule has 0 saturated carbocycles. The van der Waals surface area contributed by atoms with Crippen LogP contribution in [0, 0.1) is 12.7 Å². The summed E-state index contributed by atoms with van der Waals surface area (Å²) in [5.41, 5.74) is 2.68. The molecule has 0 fully saturated rings. The molecule has 0 amide bonds. The van der Waals surface area contributed by atoms with Crippen LogP contribution in [0.5, 0.6) is 11.5 Å². The average molecular weight is 359 g/mol. The highest BCUT2D eigenvalue weighted by atomic mass is 19.1. The summed E-state index contributed by atoms with van der Waals surface area (Å²) < 4.78 is 24.2. The molecule has 0 aliphatic carbocycles. The molecule has 0 spiro atoms. The summed E-state index contributed by atoms with van der Waals surface area (Å²) in [4.78, 5) is 4.22. The summed E-state index contributed by atoms with van der Waals surface area (Å²) in [6.45, 7) is 5.42. The Balaban J connectivity index is 1.94. The summed E-state index contributed by atoms with van der Waals surface area (Å²) >= 11 is 0. The Kier molecular flexibility index (Phi) is 7.26. The van der Waals surface area contributed by atoms with Gasteiger partial charge in [0.25, 0.3) is 0 Å². The van der Waals surface area contributed by atoms with Crippen LogP contribution in [0.2, 0.25) is 0 Å². The van der Waals surface area contributed by atoms with E-state index >= 15 is 0 Å². The number of rotatable bonds is 7. The monoisotopic (exact) mass is 359 g/mol. The van der Waals surface area contributed by atoms with Crippen LogP contribution < -0.4 is 20.1 Å². The van der Waals surface area contributed by atoms with E-state index in [9.17, 15) is 4.39 Å². The fourth-order valence-electron chi connectivity index (χ4n) is 2.51. The number of hydrogen-bond donors (Lipinski definition) is 2. The zero-order valence-corrected chi connectivity index (χ0v) is 15.7. The Hall–Kier alpha value is -2.76. The fraction of sp³-hybridized carbons (Fsp3) is 0.350. The zero-order valence-electron chi connectivity index (χ0n) is 15.7. The highest BCUT2D eigenvalue weighted by molar-refractivity contribution is 5.79. The molecular weight excluding hydrogens is 333 g/mol. The van der Waals surface area contributed by atoms with E-state index in [1.165, 1.54) is 6.07 Å². The van der Waals surface area contributed by atoms with Gasteiger partial charge < -0.3 is 20.1 Å². The third kappa shape index (κ3) is 5.37. The summed E-state index contributed by atoms with van der Waals surface area (Å²) in [7, 11) is 3.34. The van der Waals surface area contributed by atoms with Crippen LogP contribution in [-0.2, 0) is 13.1 Å². The molecule has 5 nitrogen and oxygen atoms in total. The number of halogens is 1. The van der Waals surface area contributed by atoms with Gasteiger partial charge in [-0.2, -0.15) is 0 Å². The Labute approximate surface area is 154 Å². The van der Waals surface area contributed by atoms with Gasteiger partial charge in [0.15, 0.2) is 17.5 Å². The van der Waals surface area contributed by atoms with Gasteiger partial charge >= 0.3 is 0 Å². The Bertz CT molecular complexity index is 763. The zero-order chi connectivity index (χ0) is 18.9. The first-order chi connectivity index (χ1) is 12.6. The van der Waals surface area contributed by atoms with Gasteiger partial charge in [0.05, 0.1) is 13.7 Å². The highest BCUT2D eigenvalue weighted by Gasteiger charge is 2.06. The van der Waals surface area contributed by atoms with Crippen LogP contribution in [0.1, 0.15) is 23.6 Å². The van der Waals surface area contributed by atoms with E-state index in [4.69, 9.17) is 9.47 Å². The molecule has 0 bridgehead atoms. The van der Waals surface area contributed by atoms with Crippen LogP contribution >= 0.6 is 0 Å². The van der Waals surface area contributed by atoms with E-state index in [2.05, 4.69) is 15.6 Å². The van der Waals surface area contributed by atoms with Crippen molar-refractivity contribution in [3.8, 4) is 11.5 Å². The molecule has 2 aromatic carbocycles. The van der Waals surface area contributed by atoms with Crippen LogP contribution in [0.3, 0.4) is 0 Å². The van der Waals surface area contributed by atoms with Crippen molar-refractivity contribution in [1.82, 2.24) is 10.6 Å². The molecule has 0 aromatic heterocycles. The maximum atomic E-state index is 13.3. The fourth-order valence-corrected chi connectivity index (χ4v) is 2.51. The average Bonchev–Trinajstić information content (AvgIpc) is 2.65. The van der Waals surface area contributed by atoms with Gasteiger partial charge in [0.2, 0.25) is 0 Å². The number of benzene rings is 2. The first kappa shape index (κ1) is 19.6. The third-order valence-electron chi connectivity index (χ3n) is 3.89. The van der Waals surface area contributed by atoms with E-state index in [0.29, 0.717) is 37.0 Å². The van der Waals surface area contributed by atoms with Gasteiger partial charge in [-0.1, -0.05) is 18.2 Å². The van der Waals surface area contributed by atoms with Crippen LogP contribution in [0.25, 0.3) is 0 Å². The predicted octanol–water partition coefficient (Wildman–Crippen LogP) is 3.41. The van der Waals surface area contributed by atoms with Gasteiger partial charge in [-0.25, -0.2) is 4.39 Å². The Morgan fingerprint density at radius 3 is 2.27 bits per heavy atom. The van der Waals surface area contributed by atoms with E-state index in [1.807, 2.05) is 31.2 Å². The molecule has 0 saturated heterocycles. The largest absolute Gasteiger partial charge is 0.493 e. The van der Waals surface area contributed by atoms with Crippen LogP contribution in [0.4, 0.5) is 4.39 Å². The van der Waals surface area contributed by atoms with Crippen molar-refractivity contribution >= 4 is 5.96 Å². The van der Waals surface area contributed by atoms with Gasteiger partial charge in [0, 0.05) is 20.1 Å². The van der Waals surface area contributed by atoms with Gasteiger partial charge in [-0.3, -0.25) is 4.99 Å². The van der Waals surface area contributed by atoms with Gasteiger partial charge in [-0.15, -0.1) is 0 Å². The minimum Gasteiger partial charge on any atom is -0.493 e. The topological polar surface area (TPSA) is 54.9 Å². The molecule has 2 N–H and O–H groups in total. The maximum Gasteiger partial charge on any atom is 0.191 e. The number of ether oxygens (including phenoxy) is 2. The second kappa shape index (κ2) is 9.65. The number of guanidine groups is 1. The minimum absolute atomic E-state index is 0.194. The van der Waals surface area contributed by atoms with Gasteiger partial charge in [0.1, 0.15) is 5.82 Å². The summed E-state index contributed by atoms with van der Waals surface area (Å²) in [5, 5.41) is 6.48. The third-order valence-corrected chi connectivity index (χ3v) is 3.89. The van der Waals surface area contributed by atoms with E-state index in [-0.39, 0.29) is 5.82 Å². The number of nitrogens with one attached hydrogen (secondary N) is 2. The van der Waals surface area contributed by atoms with Crippen molar-refractivity contribution < 1.29 is 13.9 Å². The number of hydrogen-bond acceptors (Lipinski definition) is 3. The molecule has 0 aliphatic rings. The van der Waals surface area contributed by atoms with Crippen LogP contribution in [0.15, 0.2) is 41.4 Å². The maximum absolute atomic E-state index is 13.3. The molecule has 0 unspecified atom stereocenters. The summed E-state index contributed by atoms with van der Waals surface area (Å²) in [6.07, 6.45) is 0. The molecule has 2 aromatic rings.